The Kier molecular flexibility index (Phi) is 4.94. The molecule has 18 heavy (non-hydrogen) atoms. The van der Waals surface area contributed by atoms with Crippen molar-refractivity contribution < 1.29 is 5.11 Å². The molecule has 0 heterocycles. The molecule has 2 atom stereocenters. The van der Waals surface area contributed by atoms with Crippen molar-refractivity contribution >= 4 is 0 Å². The Bertz CT molecular complexity index is 362. The lowest BCUT2D eigenvalue weighted by Crippen LogP contribution is -2.27. The van der Waals surface area contributed by atoms with Crippen LogP contribution in [0.1, 0.15) is 58.2 Å². The minimum absolute atomic E-state index is 0.152. The predicted octanol–water partition coefficient (Wildman–Crippen LogP) is 3.39. The summed E-state index contributed by atoms with van der Waals surface area (Å²) in [7, 11) is 0. The summed E-state index contributed by atoms with van der Waals surface area (Å²) < 4.78 is 0. The monoisotopic (exact) mass is 249 g/mol. The van der Waals surface area contributed by atoms with Crippen LogP contribution < -0.4 is 5.73 Å². The first-order valence-electron chi connectivity index (χ1n) is 6.76. The summed E-state index contributed by atoms with van der Waals surface area (Å²) in [5.74, 6) is 0.458. The van der Waals surface area contributed by atoms with Gasteiger partial charge in [-0.3, -0.25) is 0 Å². The van der Waals surface area contributed by atoms with E-state index in [4.69, 9.17) is 5.73 Å². The number of nitrogens with two attached hydrogens (primary N) is 1. The minimum Gasteiger partial charge on any atom is -0.391 e. The van der Waals surface area contributed by atoms with E-state index in [1.165, 1.54) is 5.56 Å². The van der Waals surface area contributed by atoms with Crippen molar-refractivity contribution in [2.75, 3.05) is 0 Å². The van der Waals surface area contributed by atoms with E-state index in [0.29, 0.717) is 5.92 Å². The van der Waals surface area contributed by atoms with Gasteiger partial charge in [-0.1, -0.05) is 58.9 Å². The molecule has 1 rings (SSSR count). The van der Waals surface area contributed by atoms with Gasteiger partial charge < -0.3 is 10.8 Å². The standard InChI is InChI=1S/C16H27NO/c1-11(2)10-14(18)15(17)12-6-8-13(9-7-12)16(3,4)5/h6-9,11,14-15,18H,10,17H2,1-5H3/t14-,15+/m0/s1. The highest BCUT2D eigenvalue weighted by Crippen LogP contribution is 2.25. The van der Waals surface area contributed by atoms with Crippen LogP contribution in [0.2, 0.25) is 0 Å². The molecule has 0 saturated heterocycles. The summed E-state index contributed by atoms with van der Waals surface area (Å²) in [6, 6.07) is 8.00. The van der Waals surface area contributed by atoms with E-state index < -0.39 is 6.10 Å². The highest BCUT2D eigenvalue weighted by Gasteiger charge is 2.19. The quantitative estimate of drug-likeness (QED) is 0.859. The Labute approximate surface area is 111 Å². The molecule has 0 aromatic heterocycles. The summed E-state index contributed by atoms with van der Waals surface area (Å²) in [6.45, 7) is 10.8. The molecule has 2 heteroatoms. The van der Waals surface area contributed by atoms with E-state index in [1.54, 1.807) is 0 Å². The van der Waals surface area contributed by atoms with E-state index in [0.717, 1.165) is 12.0 Å². The van der Waals surface area contributed by atoms with Crippen molar-refractivity contribution in [2.45, 2.75) is 58.6 Å². The van der Waals surface area contributed by atoms with E-state index in [9.17, 15) is 5.11 Å². The van der Waals surface area contributed by atoms with Crippen LogP contribution in [-0.4, -0.2) is 11.2 Å². The molecule has 2 nitrogen and oxygen atoms in total. The largest absolute Gasteiger partial charge is 0.391 e. The van der Waals surface area contributed by atoms with Gasteiger partial charge in [0.15, 0.2) is 0 Å². The Morgan fingerprint density at radius 1 is 1.11 bits per heavy atom. The molecule has 0 amide bonds. The van der Waals surface area contributed by atoms with Crippen LogP contribution in [0.3, 0.4) is 0 Å². The fourth-order valence-electron chi connectivity index (χ4n) is 2.06. The average Bonchev–Trinajstić information content (AvgIpc) is 2.26. The van der Waals surface area contributed by atoms with Gasteiger partial charge in [0.25, 0.3) is 0 Å². The summed E-state index contributed by atoms with van der Waals surface area (Å²) in [6.07, 6.45) is 0.271. The first kappa shape index (κ1) is 15.2. The fraction of sp³-hybridized carbons (Fsp3) is 0.625. The molecule has 1 aromatic carbocycles. The van der Waals surface area contributed by atoms with E-state index in [1.807, 2.05) is 12.1 Å². The molecule has 0 bridgehead atoms. The molecule has 0 fully saturated rings. The smallest absolute Gasteiger partial charge is 0.0735 e. The highest BCUT2D eigenvalue weighted by molar-refractivity contribution is 5.29. The second kappa shape index (κ2) is 5.85. The third-order valence-electron chi connectivity index (χ3n) is 3.29. The SMILES string of the molecule is CC(C)C[C@H](O)[C@H](N)c1ccc(C(C)(C)C)cc1. The van der Waals surface area contributed by atoms with Crippen molar-refractivity contribution in [3.05, 3.63) is 35.4 Å². The Morgan fingerprint density at radius 3 is 2.00 bits per heavy atom. The lowest BCUT2D eigenvalue weighted by atomic mass is 9.85. The number of aliphatic hydroxyl groups is 1. The van der Waals surface area contributed by atoms with Crippen LogP contribution in [0, 0.1) is 5.92 Å². The molecular formula is C16H27NO. The Balaban J connectivity index is 2.79. The van der Waals surface area contributed by atoms with Crippen LogP contribution in [0.4, 0.5) is 0 Å². The summed E-state index contributed by atoms with van der Waals surface area (Å²) in [5, 5.41) is 10.0. The molecule has 0 saturated carbocycles. The maximum absolute atomic E-state index is 10.0. The van der Waals surface area contributed by atoms with Gasteiger partial charge in [-0.05, 0) is 28.9 Å². The van der Waals surface area contributed by atoms with Gasteiger partial charge in [0.05, 0.1) is 12.1 Å². The summed E-state index contributed by atoms with van der Waals surface area (Å²) in [4.78, 5) is 0. The minimum atomic E-state index is -0.467. The second-order valence-electron chi connectivity index (χ2n) is 6.59. The second-order valence-corrected chi connectivity index (χ2v) is 6.59. The fourth-order valence-corrected chi connectivity index (χ4v) is 2.06. The number of hydrogen-bond acceptors (Lipinski definition) is 2. The van der Waals surface area contributed by atoms with Crippen molar-refractivity contribution in [2.24, 2.45) is 11.7 Å². The third kappa shape index (κ3) is 4.11. The van der Waals surface area contributed by atoms with Gasteiger partial charge in [0, 0.05) is 0 Å². The highest BCUT2D eigenvalue weighted by atomic mass is 16.3. The third-order valence-corrected chi connectivity index (χ3v) is 3.29. The van der Waals surface area contributed by atoms with Crippen molar-refractivity contribution in [1.29, 1.82) is 0 Å². The van der Waals surface area contributed by atoms with E-state index in [-0.39, 0.29) is 11.5 Å². The van der Waals surface area contributed by atoms with Crippen molar-refractivity contribution in [3.63, 3.8) is 0 Å². The first-order valence-corrected chi connectivity index (χ1v) is 6.76. The van der Waals surface area contributed by atoms with Gasteiger partial charge in [-0.15, -0.1) is 0 Å². The van der Waals surface area contributed by atoms with Gasteiger partial charge in [-0.25, -0.2) is 0 Å². The zero-order valence-electron chi connectivity index (χ0n) is 12.3. The van der Waals surface area contributed by atoms with Crippen molar-refractivity contribution in [1.82, 2.24) is 0 Å². The molecule has 0 aliphatic carbocycles. The van der Waals surface area contributed by atoms with Gasteiger partial charge >= 0.3 is 0 Å². The van der Waals surface area contributed by atoms with Crippen LogP contribution in [0.15, 0.2) is 24.3 Å². The Morgan fingerprint density at radius 2 is 1.61 bits per heavy atom. The van der Waals surface area contributed by atoms with E-state index in [2.05, 4.69) is 46.8 Å². The van der Waals surface area contributed by atoms with Gasteiger partial charge in [-0.2, -0.15) is 0 Å². The maximum Gasteiger partial charge on any atom is 0.0735 e. The Hall–Kier alpha value is -0.860. The maximum atomic E-state index is 10.0. The number of aliphatic hydroxyl groups excluding tert-OH is 1. The average molecular weight is 249 g/mol. The van der Waals surface area contributed by atoms with Crippen molar-refractivity contribution in [3.8, 4) is 0 Å². The zero-order valence-corrected chi connectivity index (χ0v) is 12.3. The normalized spacial score (nSPS) is 15.8. The predicted molar refractivity (Wildman–Crippen MR) is 77.5 cm³/mol. The summed E-state index contributed by atoms with van der Waals surface area (Å²) >= 11 is 0. The topological polar surface area (TPSA) is 46.2 Å². The molecule has 102 valence electrons. The molecular weight excluding hydrogens is 222 g/mol. The first-order chi connectivity index (χ1) is 8.21. The van der Waals surface area contributed by atoms with E-state index >= 15 is 0 Å². The zero-order chi connectivity index (χ0) is 13.9. The molecule has 1 aromatic rings. The molecule has 0 aliphatic heterocycles. The lowest BCUT2D eigenvalue weighted by molar-refractivity contribution is 0.121. The number of benzene rings is 1. The van der Waals surface area contributed by atoms with Crippen LogP contribution in [-0.2, 0) is 5.41 Å². The van der Waals surface area contributed by atoms with Crippen LogP contribution in [0.5, 0.6) is 0 Å². The molecule has 3 N–H and O–H groups in total. The molecule has 0 aliphatic rings. The van der Waals surface area contributed by atoms with Crippen LogP contribution >= 0.6 is 0 Å². The van der Waals surface area contributed by atoms with Gasteiger partial charge in [0.2, 0.25) is 0 Å². The molecule has 0 spiro atoms. The number of hydrogen-bond donors (Lipinski definition) is 2. The summed E-state index contributed by atoms with van der Waals surface area (Å²) in [5.41, 5.74) is 8.55. The molecule has 0 unspecified atom stereocenters. The molecule has 0 radical (unpaired) electrons. The van der Waals surface area contributed by atoms with Crippen LogP contribution in [0.25, 0.3) is 0 Å². The van der Waals surface area contributed by atoms with Gasteiger partial charge in [0.1, 0.15) is 0 Å². The number of rotatable bonds is 4. The lowest BCUT2D eigenvalue weighted by Gasteiger charge is -2.23.